The molecule has 0 saturated heterocycles. The van der Waals surface area contributed by atoms with Crippen molar-refractivity contribution < 1.29 is 9.66 Å². The van der Waals surface area contributed by atoms with Crippen molar-refractivity contribution in [1.82, 2.24) is 0 Å². The second kappa shape index (κ2) is 5.25. The summed E-state index contributed by atoms with van der Waals surface area (Å²) in [5, 5.41) is 10.7. The van der Waals surface area contributed by atoms with Crippen LogP contribution in [0.5, 0.6) is 5.75 Å². The molecule has 0 aliphatic heterocycles. The fraction of sp³-hybridized carbons (Fsp3) is 0.538. The average Bonchev–Trinajstić information content (AvgIpc) is 2.32. The van der Waals surface area contributed by atoms with E-state index < -0.39 is 4.92 Å². The number of anilines is 1. The Morgan fingerprint density at radius 3 is 2.72 bits per heavy atom. The highest BCUT2D eigenvalue weighted by molar-refractivity contribution is 5.60. The number of nitrogens with zero attached hydrogens (tertiary/aromatic N) is 1. The van der Waals surface area contributed by atoms with Crippen molar-refractivity contribution in [3.8, 4) is 5.75 Å². The Bertz CT molecular complexity index is 448. The predicted molar refractivity (Wildman–Crippen MR) is 69.6 cm³/mol. The number of hydrogen-bond acceptors (Lipinski definition) is 4. The standard InChI is InChI=1S/C13H18N2O3/c1-9-4-2-3-5-13(9)18-10-6-7-12(15(16)17)11(14)8-10/h6-9,13H,2-5,14H2,1H3. The van der Waals surface area contributed by atoms with Crippen LogP contribution in [0.3, 0.4) is 0 Å². The first-order valence-corrected chi connectivity index (χ1v) is 6.28. The average molecular weight is 250 g/mol. The van der Waals surface area contributed by atoms with Gasteiger partial charge in [-0.05, 0) is 31.2 Å². The van der Waals surface area contributed by atoms with Gasteiger partial charge in [0.05, 0.1) is 4.92 Å². The monoisotopic (exact) mass is 250 g/mol. The summed E-state index contributed by atoms with van der Waals surface area (Å²) in [5.74, 6) is 1.15. The number of ether oxygens (including phenoxy) is 1. The number of nitro groups is 1. The predicted octanol–water partition coefficient (Wildman–Crippen LogP) is 3.13. The van der Waals surface area contributed by atoms with Gasteiger partial charge in [0.15, 0.2) is 0 Å². The van der Waals surface area contributed by atoms with Crippen molar-refractivity contribution in [2.75, 3.05) is 5.73 Å². The van der Waals surface area contributed by atoms with Crippen molar-refractivity contribution in [3.05, 3.63) is 28.3 Å². The minimum absolute atomic E-state index is 0.0703. The van der Waals surface area contributed by atoms with Gasteiger partial charge in [-0.2, -0.15) is 0 Å². The molecule has 18 heavy (non-hydrogen) atoms. The van der Waals surface area contributed by atoms with Gasteiger partial charge in [0, 0.05) is 12.1 Å². The molecular weight excluding hydrogens is 232 g/mol. The van der Waals surface area contributed by atoms with Crippen LogP contribution in [0.2, 0.25) is 0 Å². The zero-order valence-electron chi connectivity index (χ0n) is 10.5. The third kappa shape index (κ3) is 2.72. The first-order chi connectivity index (χ1) is 8.58. The van der Waals surface area contributed by atoms with E-state index >= 15 is 0 Å². The first-order valence-electron chi connectivity index (χ1n) is 6.28. The van der Waals surface area contributed by atoms with Crippen molar-refractivity contribution in [1.29, 1.82) is 0 Å². The Kier molecular flexibility index (Phi) is 3.69. The van der Waals surface area contributed by atoms with Gasteiger partial charge in [-0.15, -0.1) is 0 Å². The van der Waals surface area contributed by atoms with E-state index in [0.717, 1.165) is 6.42 Å². The van der Waals surface area contributed by atoms with Gasteiger partial charge in [-0.25, -0.2) is 0 Å². The highest BCUT2D eigenvalue weighted by Gasteiger charge is 2.23. The number of nitrogens with two attached hydrogens (primary N) is 1. The fourth-order valence-electron chi connectivity index (χ4n) is 2.40. The zero-order chi connectivity index (χ0) is 13.1. The number of benzene rings is 1. The SMILES string of the molecule is CC1CCCCC1Oc1ccc([N+](=O)[O-])c(N)c1. The van der Waals surface area contributed by atoms with Gasteiger partial charge < -0.3 is 10.5 Å². The molecule has 2 unspecified atom stereocenters. The molecule has 0 spiro atoms. The maximum Gasteiger partial charge on any atom is 0.292 e. The Labute approximate surface area is 106 Å². The third-order valence-corrected chi connectivity index (χ3v) is 3.52. The molecule has 1 fully saturated rings. The van der Waals surface area contributed by atoms with Crippen LogP contribution < -0.4 is 10.5 Å². The highest BCUT2D eigenvalue weighted by Crippen LogP contribution is 2.31. The van der Waals surface area contributed by atoms with Crippen LogP contribution in [0.25, 0.3) is 0 Å². The summed E-state index contributed by atoms with van der Waals surface area (Å²) in [7, 11) is 0. The van der Waals surface area contributed by atoms with E-state index in [2.05, 4.69) is 6.92 Å². The van der Waals surface area contributed by atoms with Gasteiger partial charge in [-0.3, -0.25) is 10.1 Å². The Hall–Kier alpha value is -1.78. The molecule has 2 N–H and O–H groups in total. The number of rotatable bonds is 3. The summed E-state index contributed by atoms with van der Waals surface area (Å²) < 4.78 is 5.88. The van der Waals surface area contributed by atoms with Crippen LogP contribution in [-0.4, -0.2) is 11.0 Å². The molecule has 0 aromatic heterocycles. The summed E-state index contributed by atoms with van der Waals surface area (Å²) in [4.78, 5) is 10.2. The van der Waals surface area contributed by atoms with E-state index in [-0.39, 0.29) is 17.5 Å². The zero-order valence-corrected chi connectivity index (χ0v) is 10.5. The highest BCUT2D eigenvalue weighted by atomic mass is 16.6. The van der Waals surface area contributed by atoms with Crippen LogP contribution in [0.1, 0.15) is 32.6 Å². The normalized spacial score (nSPS) is 23.6. The molecule has 98 valence electrons. The van der Waals surface area contributed by atoms with Gasteiger partial charge in [-0.1, -0.05) is 13.3 Å². The van der Waals surface area contributed by atoms with Crippen LogP contribution in [0.4, 0.5) is 11.4 Å². The smallest absolute Gasteiger partial charge is 0.292 e. The number of hydrogen-bond donors (Lipinski definition) is 1. The molecule has 0 heterocycles. The van der Waals surface area contributed by atoms with E-state index in [0.29, 0.717) is 11.7 Å². The molecule has 1 aromatic rings. The molecular formula is C13H18N2O3. The Morgan fingerprint density at radius 2 is 2.11 bits per heavy atom. The van der Waals surface area contributed by atoms with E-state index in [1.165, 1.54) is 25.3 Å². The maximum atomic E-state index is 10.7. The summed E-state index contributed by atoms with van der Waals surface area (Å²) >= 11 is 0. The summed E-state index contributed by atoms with van der Waals surface area (Å²) in [6.07, 6.45) is 4.84. The lowest BCUT2D eigenvalue weighted by Crippen LogP contribution is -2.28. The van der Waals surface area contributed by atoms with Crippen molar-refractivity contribution >= 4 is 11.4 Å². The van der Waals surface area contributed by atoms with E-state index in [4.69, 9.17) is 10.5 Å². The lowest BCUT2D eigenvalue weighted by atomic mass is 9.88. The Balaban J connectivity index is 2.10. The molecule has 0 amide bonds. The molecule has 5 heteroatoms. The minimum Gasteiger partial charge on any atom is -0.490 e. The van der Waals surface area contributed by atoms with Crippen LogP contribution in [0.15, 0.2) is 18.2 Å². The molecule has 0 bridgehead atoms. The van der Waals surface area contributed by atoms with Crippen molar-refractivity contribution in [2.45, 2.75) is 38.7 Å². The minimum atomic E-state index is -0.484. The molecule has 2 rings (SSSR count). The van der Waals surface area contributed by atoms with Gasteiger partial charge in [0.25, 0.3) is 5.69 Å². The molecule has 0 radical (unpaired) electrons. The number of nitrogen functional groups attached to an aromatic ring is 1. The van der Waals surface area contributed by atoms with Crippen molar-refractivity contribution in [3.63, 3.8) is 0 Å². The van der Waals surface area contributed by atoms with Crippen LogP contribution in [-0.2, 0) is 0 Å². The van der Waals surface area contributed by atoms with Crippen LogP contribution in [0, 0.1) is 16.0 Å². The molecule has 1 aromatic carbocycles. The van der Waals surface area contributed by atoms with Gasteiger partial charge in [0.2, 0.25) is 0 Å². The largest absolute Gasteiger partial charge is 0.490 e. The molecule has 1 saturated carbocycles. The van der Waals surface area contributed by atoms with Gasteiger partial charge in [0.1, 0.15) is 17.5 Å². The lowest BCUT2D eigenvalue weighted by molar-refractivity contribution is -0.383. The first kappa shape index (κ1) is 12.7. The molecule has 1 aliphatic rings. The molecule has 1 aliphatic carbocycles. The second-order valence-corrected chi connectivity index (χ2v) is 4.90. The Morgan fingerprint density at radius 1 is 1.39 bits per heavy atom. The summed E-state index contributed by atoms with van der Waals surface area (Å²) in [6.45, 7) is 2.18. The quantitative estimate of drug-likeness (QED) is 0.508. The molecule has 5 nitrogen and oxygen atoms in total. The topological polar surface area (TPSA) is 78.4 Å². The molecule has 2 atom stereocenters. The van der Waals surface area contributed by atoms with Crippen LogP contribution >= 0.6 is 0 Å². The van der Waals surface area contributed by atoms with E-state index in [1.54, 1.807) is 12.1 Å². The second-order valence-electron chi connectivity index (χ2n) is 4.90. The summed E-state index contributed by atoms with van der Waals surface area (Å²) in [6, 6.07) is 4.56. The van der Waals surface area contributed by atoms with E-state index in [1.807, 2.05) is 0 Å². The summed E-state index contributed by atoms with van der Waals surface area (Å²) in [5.41, 5.74) is 5.72. The fourth-order valence-corrected chi connectivity index (χ4v) is 2.40. The van der Waals surface area contributed by atoms with E-state index in [9.17, 15) is 10.1 Å². The maximum absolute atomic E-state index is 10.7. The third-order valence-electron chi connectivity index (χ3n) is 3.52. The van der Waals surface area contributed by atoms with Crippen molar-refractivity contribution in [2.24, 2.45) is 5.92 Å². The van der Waals surface area contributed by atoms with Gasteiger partial charge >= 0.3 is 0 Å². The lowest BCUT2D eigenvalue weighted by Gasteiger charge is -2.29. The number of nitro benzene ring substituents is 1.